The van der Waals surface area contributed by atoms with Crippen LogP contribution in [0.25, 0.3) is 0 Å². The van der Waals surface area contributed by atoms with E-state index in [-0.39, 0.29) is 24.0 Å². The molecule has 1 aliphatic rings. The molecule has 1 saturated heterocycles. The lowest BCUT2D eigenvalue weighted by molar-refractivity contribution is 0.00752. The first-order chi connectivity index (χ1) is 10.3. The van der Waals surface area contributed by atoms with Crippen molar-refractivity contribution in [3.05, 3.63) is 0 Å². The Morgan fingerprint density at radius 1 is 1.17 bits per heavy atom. The molecular weight excluding hydrogens is 403 g/mol. The topological polar surface area (TPSA) is 48.9 Å². The molecule has 1 atom stereocenters. The highest BCUT2D eigenvalue weighted by molar-refractivity contribution is 14.0. The average Bonchev–Trinajstić information content (AvgIpc) is 2.45. The smallest absolute Gasteiger partial charge is 0.191 e. The molecule has 2 N–H and O–H groups in total. The van der Waals surface area contributed by atoms with Crippen molar-refractivity contribution in [2.45, 2.75) is 47.1 Å². The molecule has 5 nitrogen and oxygen atoms in total. The van der Waals surface area contributed by atoms with Gasteiger partial charge < -0.3 is 15.4 Å². The van der Waals surface area contributed by atoms with Crippen molar-refractivity contribution in [3.63, 3.8) is 0 Å². The summed E-state index contributed by atoms with van der Waals surface area (Å²) in [5.41, 5.74) is 0.347. The van der Waals surface area contributed by atoms with Crippen LogP contribution < -0.4 is 10.6 Å². The number of guanidine groups is 1. The largest absolute Gasteiger partial charge is 0.379 e. The van der Waals surface area contributed by atoms with E-state index in [1.165, 1.54) is 0 Å². The summed E-state index contributed by atoms with van der Waals surface area (Å²) >= 11 is 0. The van der Waals surface area contributed by atoms with E-state index < -0.39 is 0 Å². The first-order valence-corrected chi connectivity index (χ1v) is 8.60. The van der Waals surface area contributed by atoms with Gasteiger partial charge in [0.15, 0.2) is 5.96 Å². The molecule has 0 aromatic heterocycles. The molecule has 138 valence electrons. The number of rotatable bonds is 6. The highest BCUT2D eigenvalue weighted by Gasteiger charge is 2.23. The molecule has 6 heteroatoms. The third-order valence-corrected chi connectivity index (χ3v) is 4.15. The van der Waals surface area contributed by atoms with Crippen LogP contribution in [0.2, 0.25) is 0 Å². The maximum absolute atomic E-state index is 5.46. The Morgan fingerprint density at radius 2 is 1.78 bits per heavy atom. The van der Waals surface area contributed by atoms with Crippen molar-refractivity contribution in [1.82, 2.24) is 15.5 Å². The number of aliphatic imine (C=N–C) groups is 1. The number of hydrogen-bond donors (Lipinski definition) is 2. The SMILES string of the molecule is CN=C(NCCC(C)(C)C)NCC(C(C)C)N1CCOCC1.I. The zero-order chi connectivity index (χ0) is 16.6. The summed E-state index contributed by atoms with van der Waals surface area (Å²) in [6, 6.07) is 0.519. The molecule has 0 aromatic rings. The van der Waals surface area contributed by atoms with Gasteiger partial charge in [0.05, 0.1) is 13.2 Å². The molecule has 1 heterocycles. The van der Waals surface area contributed by atoms with E-state index in [0.717, 1.165) is 51.8 Å². The maximum Gasteiger partial charge on any atom is 0.191 e. The van der Waals surface area contributed by atoms with E-state index in [9.17, 15) is 0 Å². The summed E-state index contributed by atoms with van der Waals surface area (Å²) in [5, 5.41) is 6.91. The van der Waals surface area contributed by atoms with Crippen molar-refractivity contribution in [2.75, 3.05) is 46.4 Å². The van der Waals surface area contributed by atoms with Crippen LogP contribution >= 0.6 is 24.0 Å². The highest BCUT2D eigenvalue weighted by Crippen LogP contribution is 2.17. The number of halogens is 1. The minimum absolute atomic E-state index is 0. The number of nitrogens with zero attached hydrogens (tertiary/aromatic N) is 2. The minimum atomic E-state index is 0. The lowest BCUT2D eigenvalue weighted by Crippen LogP contribution is -2.52. The lowest BCUT2D eigenvalue weighted by atomic mass is 9.92. The maximum atomic E-state index is 5.46. The van der Waals surface area contributed by atoms with Crippen LogP contribution in [0.4, 0.5) is 0 Å². The van der Waals surface area contributed by atoms with Crippen LogP contribution in [0.3, 0.4) is 0 Å². The second-order valence-electron chi connectivity index (χ2n) is 7.65. The molecule has 1 fully saturated rings. The number of nitrogens with one attached hydrogen (secondary N) is 2. The summed E-state index contributed by atoms with van der Waals surface area (Å²) in [6.07, 6.45) is 1.13. The van der Waals surface area contributed by atoms with Crippen molar-refractivity contribution >= 4 is 29.9 Å². The Hall–Kier alpha value is -0.0800. The van der Waals surface area contributed by atoms with Crippen LogP contribution in [-0.4, -0.2) is 63.3 Å². The Balaban J connectivity index is 0.00000484. The van der Waals surface area contributed by atoms with E-state index in [1.54, 1.807) is 0 Å². The normalized spacial score (nSPS) is 18.5. The Bertz CT molecular complexity index is 336. The fraction of sp³-hybridized carbons (Fsp3) is 0.941. The molecule has 0 bridgehead atoms. The minimum Gasteiger partial charge on any atom is -0.379 e. The molecule has 1 unspecified atom stereocenters. The van der Waals surface area contributed by atoms with Gasteiger partial charge in [-0.2, -0.15) is 0 Å². The lowest BCUT2D eigenvalue weighted by Gasteiger charge is -2.37. The monoisotopic (exact) mass is 440 g/mol. The van der Waals surface area contributed by atoms with Crippen LogP contribution in [-0.2, 0) is 4.74 Å². The predicted octanol–water partition coefficient (Wildman–Crippen LogP) is 2.56. The fourth-order valence-corrected chi connectivity index (χ4v) is 2.67. The van der Waals surface area contributed by atoms with E-state index in [2.05, 4.69) is 55.1 Å². The third-order valence-electron chi connectivity index (χ3n) is 4.15. The molecule has 0 spiro atoms. The predicted molar refractivity (Wildman–Crippen MR) is 110 cm³/mol. The summed E-state index contributed by atoms with van der Waals surface area (Å²) in [5.74, 6) is 1.52. The zero-order valence-electron chi connectivity index (χ0n) is 15.8. The second kappa shape index (κ2) is 11.5. The molecule has 0 aromatic carbocycles. The average molecular weight is 440 g/mol. The van der Waals surface area contributed by atoms with Gasteiger partial charge in [-0.1, -0.05) is 34.6 Å². The van der Waals surface area contributed by atoms with Gasteiger partial charge >= 0.3 is 0 Å². The molecule has 0 saturated carbocycles. The van der Waals surface area contributed by atoms with Crippen LogP contribution in [0.15, 0.2) is 4.99 Å². The molecular formula is C17H37IN4O. The van der Waals surface area contributed by atoms with E-state index in [4.69, 9.17) is 4.74 Å². The summed E-state index contributed by atoms with van der Waals surface area (Å²) in [7, 11) is 1.84. The van der Waals surface area contributed by atoms with E-state index in [0.29, 0.717) is 17.4 Å². The quantitative estimate of drug-likeness (QED) is 0.379. The van der Waals surface area contributed by atoms with E-state index in [1.807, 2.05) is 7.05 Å². The fourth-order valence-electron chi connectivity index (χ4n) is 2.67. The van der Waals surface area contributed by atoms with Crippen LogP contribution in [0.5, 0.6) is 0 Å². The van der Waals surface area contributed by atoms with Gasteiger partial charge in [0, 0.05) is 39.3 Å². The molecule has 0 aliphatic carbocycles. The number of hydrogen-bond acceptors (Lipinski definition) is 3. The summed E-state index contributed by atoms with van der Waals surface area (Å²) in [4.78, 5) is 6.87. The van der Waals surface area contributed by atoms with Crippen molar-refractivity contribution in [1.29, 1.82) is 0 Å². The van der Waals surface area contributed by atoms with Gasteiger partial charge in [-0.25, -0.2) is 0 Å². The Kier molecular flexibility index (Phi) is 11.4. The van der Waals surface area contributed by atoms with Crippen molar-refractivity contribution < 1.29 is 4.74 Å². The summed E-state index contributed by atoms with van der Waals surface area (Å²) in [6.45, 7) is 17.0. The first kappa shape index (κ1) is 22.9. The van der Waals surface area contributed by atoms with Crippen LogP contribution in [0, 0.1) is 11.3 Å². The first-order valence-electron chi connectivity index (χ1n) is 8.60. The standard InChI is InChI=1S/C17H36N4O.HI/c1-14(2)15(21-9-11-22-12-10-21)13-20-16(18-6)19-8-7-17(3,4)5;/h14-15H,7-13H2,1-6H3,(H2,18,19,20);1H. The molecule has 1 rings (SSSR count). The molecule has 1 aliphatic heterocycles. The van der Waals surface area contributed by atoms with Gasteiger partial charge in [0.2, 0.25) is 0 Å². The van der Waals surface area contributed by atoms with Gasteiger partial charge in [-0.3, -0.25) is 9.89 Å². The van der Waals surface area contributed by atoms with Gasteiger partial charge in [-0.05, 0) is 17.8 Å². The molecule has 0 radical (unpaired) electrons. The molecule has 23 heavy (non-hydrogen) atoms. The van der Waals surface area contributed by atoms with Crippen molar-refractivity contribution in [2.24, 2.45) is 16.3 Å². The van der Waals surface area contributed by atoms with Gasteiger partial charge in [-0.15, -0.1) is 24.0 Å². The molecule has 0 amide bonds. The Morgan fingerprint density at radius 3 is 2.26 bits per heavy atom. The number of ether oxygens (including phenoxy) is 1. The van der Waals surface area contributed by atoms with Crippen LogP contribution in [0.1, 0.15) is 41.0 Å². The highest BCUT2D eigenvalue weighted by atomic mass is 127. The zero-order valence-corrected chi connectivity index (χ0v) is 18.1. The van der Waals surface area contributed by atoms with Gasteiger partial charge in [0.25, 0.3) is 0 Å². The third kappa shape index (κ3) is 9.72. The van der Waals surface area contributed by atoms with Crippen molar-refractivity contribution in [3.8, 4) is 0 Å². The summed E-state index contributed by atoms with van der Waals surface area (Å²) < 4.78 is 5.46. The number of morpholine rings is 1. The van der Waals surface area contributed by atoms with E-state index >= 15 is 0 Å². The van der Waals surface area contributed by atoms with Gasteiger partial charge in [0.1, 0.15) is 0 Å². The second-order valence-corrected chi connectivity index (χ2v) is 7.65. The Labute approximate surface area is 160 Å².